The zero-order valence-corrected chi connectivity index (χ0v) is 14.8. The van der Waals surface area contributed by atoms with E-state index in [0.29, 0.717) is 13.1 Å². The quantitative estimate of drug-likeness (QED) is 0.744. The van der Waals surface area contributed by atoms with Crippen LogP contribution in [0.4, 0.5) is 0 Å². The molecule has 2 N–H and O–H groups in total. The molecule has 7 nitrogen and oxygen atoms in total. The van der Waals surface area contributed by atoms with Crippen molar-refractivity contribution >= 4 is 11.8 Å². The summed E-state index contributed by atoms with van der Waals surface area (Å²) in [6, 6.07) is 17.3. The number of carbonyl (C=O) groups is 2. The van der Waals surface area contributed by atoms with E-state index in [-0.39, 0.29) is 23.3 Å². The van der Waals surface area contributed by atoms with Gasteiger partial charge in [-0.05, 0) is 18.1 Å². The third-order valence-corrected chi connectivity index (χ3v) is 4.56. The van der Waals surface area contributed by atoms with Gasteiger partial charge in [0.1, 0.15) is 0 Å². The number of aromatic nitrogens is 3. The number of carbonyl (C=O) groups excluding carboxylic acids is 2. The number of hydrogen-bond acceptors (Lipinski definition) is 4. The Kier molecular flexibility index (Phi) is 4.42. The summed E-state index contributed by atoms with van der Waals surface area (Å²) < 4.78 is 1.50. The van der Waals surface area contributed by atoms with Gasteiger partial charge in [0.05, 0.1) is 12.6 Å². The summed E-state index contributed by atoms with van der Waals surface area (Å²) in [6.07, 6.45) is 0. The maximum absolute atomic E-state index is 12.6. The van der Waals surface area contributed by atoms with Crippen molar-refractivity contribution in [3.05, 3.63) is 82.7 Å². The van der Waals surface area contributed by atoms with Crippen LogP contribution in [-0.4, -0.2) is 26.8 Å². The van der Waals surface area contributed by atoms with E-state index in [2.05, 4.69) is 20.9 Å². The first kappa shape index (κ1) is 17.0. The maximum atomic E-state index is 12.6. The van der Waals surface area contributed by atoms with Crippen molar-refractivity contribution in [1.82, 2.24) is 25.6 Å². The smallest absolute Gasteiger partial charge is 0.274 e. The highest BCUT2D eigenvalue weighted by Crippen LogP contribution is 2.21. The Hall–Kier alpha value is -3.48. The topological polar surface area (TPSA) is 88.9 Å². The molecule has 27 heavy (non-hydrogen) atoms. The first-order valence-electron chi connectivity index (χ1n) is 8.75. The minimum Gasteiger partial charge on any atom is -0.346 e. The van der Waals surface area contributed by atoms with Gasteiger partial charge >= 0.3 is 0 Å². The molecule has 2 amide bonds. The van der Waals surface area contributed by atoms with Crippen LogP contribution in [0.15, 0.2) is 54.6 Å². The van der Waals surface area contributed by atoms with Crippen LogP contribution in [-0.2, 0) is 13.1 Å². The predicted octanol–water partition coefficient (Wildman–Crippen LogP) is 2.00. The number of hydrogen-bond donors (Lipinski definition) is 2. The van der Waals surface area contributed by atoms with Crippen LogP contribution in [0.25, 0.3) is 0 Å². The van der Waals surface area contributed by atoms with E-state index in [0.717, 1.165) is 16.7 Å². The first-order valence-corrected chi connectivity index (χ1v) is 8.75. The van der Waals surface area contributed by atoms with E-state index in [1.54, 1.807) is 0 Å². The molecule has 136 valence electrons. The van der Waals surface area contributed by atoms with Crippen LogP contribution in [0, 0.1) is 6.92 Å². The van der Waals surface area contributed by atoms with Crippen molar-refractivity contribution in [2.45, 2.75) is 26.1 Å². The van der Waals surface area contributed by atoms with E-state index in [1.165, 1.54) is 4.68 Å². The van der Waals surface area contributed by atoms with Crippen LogP contribution in [0.5, 0.6) is 0 Å². The van der Waals surface area contributed by atoms with Crippen LogP contribution >= 0.6 is 0 Å². The molecule has 7 heteroatoms. The molecular weight excluding hydrogens is 342 g/mol. The lowest BCUT2D eigenvalue weighted by atomic mass is 10.0. The Labute approximate surface area is 156 Å². The molecule has 3 aromatic rings. The van der Waals surface area contributed by atoms with Crippen LogP contribution in [0.3, 0.4) is 0 Å². The molecule has 0 bridgehead atoms. The molecule has 0 spiro atoms. The van der Waals surface area contributed by atoms with Gasteiger partial charge in [-0.3, -0.25) is 9.59 Å². The molecule has 1 aliphatic heterocycles. The second-order valence-corrected chi connectivity index (χ2v) is 6.58. The van der Waals surface area contributed by atoms with Crippen molar-refractivity contribution in [2.24, 2.45) is 0 Å². The number of nitrogens with zero attached hydrogens (tertiary/aromatic N) is 3. The monoisotopic (exact) mass is 361 g/mol. The van der Waals surface area contributed by atoms with Crippen molar-refractivity contribution < 1.29 is 9.59 Å². The summed E-state index contributed by atoms with van der Waals surface area (Å²) >= 11 is 0. The molecule has 1 aromatic heterocycles. The molecule has 1 unspecified atom stereocenters. The summed E-state index contributed by atoms with van der Waals surface area (Å²) in [7, 11) is 0. The average Bonchev–Trinajstić information content (AvgIpc) is 3.12. The molecule has 0 aliphatic carbocycles. The Balaban J connectivity index is 1.51. The van der Waals surface area contributed by atoms with Gasteiger partial charge in [-0.2, -0.15) is 0 Å². The van der Waals surface area contributed by atoms with Crippen molar-refractivity contribution in [3.63, 3.8) is 0 Å². The van der Waals surface area contributed by atoms with E-state index >= 15 is 0 Å². The lowest BCUT2D eigenvalue weighted by Gasteiger charge is -2.24. The lowest BCUT2D eigenvalue weighted by Crippen LogP contribution is -2.40. The molecule has 2 heterocycles. The van der Waals surface area contributed by atoms with E-state index in [4.69, 9.17) is 0 Å². The van der Waals surface area contributed by atoms with Crippen LogP contribution in [0.1, 0.15) is 43.7 Å². The highest BCUT2D eigenvalue weighted by Gasteiger charge is 2.32. The second kappa shape index (κ2) is 7.03. The summed E-state index contributed by atoms with van der Waals surface area (Å²) in [6.45, 7) is 2.79. The zero-order chi connectivity index (χ0) is 18.8. The average molecular weight is 361 g/mol. The fraction of sp³-hybridized carbons (Fsp3) is 0.200. The molecule has 4 rings (SSSR count). The fourth-order valence-electron chi connectivity index (χ4n) is 3.23. The number of amides is 2. The largest absolute Gasteiger partial charge is 0.346 e. The Morgan fingerprint density at radius 3 is 2.81 bits per heavy atom. The lowest BCUT2D eigenvalue weighted by molar-refractivity contribution is 0.0876. The van der Waals surface area contributed by atoms with Crippen LogP contribution in [0.2, 0.25) is 0 Å². The standard InChI is InChI=1S/C20H19N5O2/c1-13-6-5-7-14(10-13)11-21-19(26)17-18-20(27)22-16(12-25(18)24-23-17)15-8-3-2-4-9-15/h2-10,16H,11-12H2,1H3,(H,21,26)(H,22,27). The third-order valence-electron chi connectivity index (χ3n) is 4.56. The Morgan fingerprint density at radius 2 is 2.04 bits per heavy atom. The van der Waals surface area contributed by atoms with Gasteiger partial charge in [-0.1, -0.05) is 65.4 Å². The highest BCUT2D eigenvalue weighted by molar-refractivity contribution is 6.05. The van der Waals surface area contributed by atoms with Gasteiger partial charge in [0.15, 0.2) is 11.4 Å². The van der Waals surface area contributed by atoms with Gasteiger partial charge in [0.2, 0.25) is 0 Å². The predicted molar refractivity (Wildman–Crippen MR) is 99.0 cm³/mol. The van der Waals surface area contributed by atoms with Gasteiger partial charge in [0.25, 0.3) is 11.8 Å². The minimum atomic E-state index is -0.411. The zero-order valence-electron chi connectivity index (χ0n) is 14.8. The molecule has 0 saturated carbocycles. The number of fused-ring (bicyclic) bond motifs is 1. The summed E-state index contributed by atoms with van der Waals surface area (Å²) in [5.41, 5.74) is 3.33. The van der Waals surface area contributed by atoms with Gasteiger partial charge in [0, 0.05) is 6.54 Å². The number of benzene rings is 2. The summed E-state index contributed by atoms with van der Waals surface area (Å²) in [4.78, 5) is 25.1. The number of rotatable bonds is 4. The van der Waals surface area contributed by atoms with Gasteiger partial charge < -0.3 is 10.6 Å². The number of aryl methyl sites for hydroxylation is 1. The summed E-state index contributed by atoms with van der Waals surface area (Å²) in [5.74, 6) is -0.758. The summed E-state index contributed by atoms with van der Waals surface area (Å²) in [5, 5.41) is 13.7. The molecule has 1 aliphatic rings. The normalized spacial score (nSPS) is 15.7. The maximum Gasteiger partial charge on any atom is 0.274 e. The Bertz CT molecular complexity index is 997. The molecule has 0 radical (unpaired) electrons. The minimum absolute atomic E-state index is 0.0478. The van der Waals surface area contributed by atoms with Crippen molar-refractivity contribution in [1.29, 1.82) is 0 Å². The van der Waals surface area contributed by atoms with E-state index in [1.807, 2.05) is 61.5 Å². The SMILES string of the molecule is Cc1cccc(CNC(=O)c2nnn3c2C(=O)NC(c2ccccc2)C3)c1. The highest BCUT2D eigenvalue weighted by atomic mass is 16.2. The molecule has 0 fully saturated rings. The molecular formula is C20H19N5O2. The first-order chi connectivity index (χ1) is 13.1. The molecule has 2 aromatic carbocycles. The van der Waals surface area contributed by atoms with Gasteiger partial charge in [-0.25, -0.2) is 4.68 Å². The van der Waals surface area contributed by atoms with E-state index in [9.17, 15) is 9.59 Å². The van der Waals surface area contributed by atoms with E-state index < -0.39 is 5.91 Å². The van der Waals surface area contributed by atoms with Gasteiger partial charge in [-0.15, -0.1) is 5.10 Å². The Morgan fingerprint density at radius 1 is 1.22 bits per heavy atom. The fourth-order valence-corrected chi connectivity index (χ4v) is 3.23. The third kappa shape index (κ3) is 3.44. The van der Waals surface area contributed by atoms with Crippen molar-refractivity contribution in [2.75, 3.05) is 0 Å². The number of nitrogens with one attached hydrogen (secondary N) is 2. The second-order valence-electron chi connectivity index (χ2n) is 6.58. The molecule has 1 atom stereocenters. The molecule has 0 saturated heterocycles. The van der Waals surface area contributed by atoms with Crippen LogP contribution < -0.4 is 10.6 Å². The van der Waals surface area contributed by atoms with Crippen molar-refractivity contribution in [3.8, 4) is 0 Å².